The number of aliphatic hydroxyl groups is 1. The van der Waals surface area contributed by atoms with Crippen molar-refractivity contribution in [3.05, 3.63) is 36.0 Å². The van der Waals surface area contributed by atoms with E-state index in [4.69, 9.17) is 5.73 Å². The number of aliphatic carboxylic acids is 1. The van der Waals surface area contributed by atoms with Crippen molar-refractivity contribution in [3.8, 4) is 0 Å². The maximum absolute atomic E-state index is 13.3. The van der Waals surface area contributed by atoms with Crippen LogP contribution in [0.1, 0.15) is 26.3 Å². The number of carbonyl (C=O) groups is 4. The lowest BCUT2D eigenvalue weighted by Gasteiger charge is -2.26. The van der Waals surface area contributed by atoms with E-state index in [9.17, 15) is 29.4 Å². The second kappa shape index (κ2) is 13.3. The predicted molar refractivity (Wildman–Crippen MR) is 138 cm³/mol. The minimum Gasteiger partial charge on any atom is -0.480 e. The van der Waals surface area contributed by atoms with Crippen molar-refractivity contribution >= 4 is 46.4 Å². The molecular formula is C24H35N5O6S. The van der Waals surface area contributed by atoms with Crippen molar-refractivity contribution in [1.29, 1.82) is 0 Å². The third kappa shape index (κ3) is 7.70. The van der Waals surface area contributed by atoms with Gasteiger partial charge < -0.3 is 36.9 Å². The SMILES string of the molecule is CSCC(NC(=O)[C@H](Cc1c[nH]c2ccccc12)NC(=O)[C@@H](N)C(C)C)C(=O)N[C@H](C(=O)O)[C@@H](C)O. The smallest absolute Gasteiger partial charge is 0.328 e. The van der Waals surface area contributed by atoms with Crippen LogP contribution in [0.2, 0.25) is 0 Å². The molecule has 2 rings (SSSR count). The topological polar surface area (TPSA) is 187 Å². The largest absolute Gasteiger partial charge is 0.480 e. The minimum atomic E-state index is -1.54. The van der Waals surface area contributed by atoms with Gasteiger partial charge in [-0.15, -0.1) is 0 Å². The van der Waals surface area contributed by atoms with Gasteiger partial charge in [0.25, 0.3) is 0 Å². The van der Waals surface area contributed by atoms with E-state index in [0.29, 0.717) is 0 Å². The number of hydrogen-bond acceptors (Lipinski definition) is 7. The van der Waals surface area contributed by atoms with Gasteiger partial charge in [0.2, 0.25) is 17.7 Å². The number of rotatable bonds is 13. The molecule has 0 bridgehead atoms. The number of H-pyrrole nitrogens is 1. The van der Waals surface area contributed by atoms with Crippen molar-refractivity contribution in [1.82, 2.24) is 20.9 Å². The number of nitrogens with one attached hydrogen (secondary N) is 4. The van der Waals surface area contributed by atoms with Crippen LogP contribution in [0.25, 0.3) is 10.9 Å². The zero-order valence-electron chi connectivity index (χ0n) is 20.8. The number of para-hydroxylation sites is 1. The summed E-state index contributed by atoms with van der Waals surface area (Å²) in [5.41, 5.74) is 7.64. The first kappa shape index (κ1) is 29.1. The van der Waals surface area contributed by atoms with E-state index in [-0.39, 0.29) is 18.1 Å². The van der Waals surface area contributed by atoms with Gasteiger partial charge in [0.1, 0.15) is 12.1 Å². The van der Waals surface area contributed by atoms with E-state index in [0.717, 1.165) is 16.5 Å². The number of aliphatic hydroxyl groups excluding tert-OH is 1. The third-order valence-corrected chi connectivity index (χ3v) is 6.43. The number of carboxylic acid groups (broad SMARTS) is 1. The van der Waals surface area contributed by atoms with Gasteiger partial charge in [0, 0.05) is 29.3 Å². The fourth-order valence-corrected chi connectivity index (χ4v) is 4.13. The first-order valence-electron chi connectivity index (χ1n) is 11.6. The number of thioether (sulfide) groups is 1. The first-order valence-corrected chi connectivity index (χ1v) is 13.0. The van der Waals surface area contributed by atoms with Gasteiger partial charge in [-0.2, -0.15) is 11.8 Å². The lowest BCUT2D eigenvalue weighted by Crippen LogP contribution is -2.59. The number of carbonyl (C=O) groups excluding carboxylic acids is 3. The highest BCUT2D eigenvalue weighted by molar-refractivity contribution is 7.98. The van der Waals surface area contributed by atoms with E-state index >= 15 is 0 Å². The zero-order valence-corrected chi connectivity index (χ0v) is 21.6. The highest BCUT2D eigenvalue weighted by atomic mass is 32.2. The Morgan fingerprint density at radius 3 is 2.19 bits per heavy atom. The molecule has 198 valence electrons. The normalized spacial score (nSPS) is 15.5. The lowest BCUT2D eigenvalue weighted by molar-refractivity contribution is -0.145. The van der Waals surface area contributed by atoms with Crippen molar-refractivity contribution in [3.63, 3.8) is 0 Å². The Kier molecular flexibility index (Phi) is 10.8. The number of aromatic nitrogens is 1. The Morgan fingerprint density at radius 2 is 1.61 bits per heavy atom. The number of carboxylic acids is 1. The summed E-state index contributed by atoms with van der Waals surface area (Å²) < 4.78 is 0. The molecule has 1 unspecified atom stereocenters. The van der Waals surface area contributed by atoms with E-state index < -0.39 is 54.0 Å². The molecule has 0 aliphatic heterocycles. The second-order valence-electron chi connectivity index (χ2n) is 8.98. The van der Waals surface area contributed by atoms with Gasteiger partial charge in [-0.1, -0.05) is 32.0 Å². The van der Waals surface area contributed by atoms with Crippen LogP contribution in [-0.4, -0.2) is 81.2 Å². The molecule has 1 heterocycles. The van der Waals surface area contributed by atoms with Crippen molar-refractivity contribution in [2.45, 2.75) is 57.5 Å². The number of nitrogens with two attached hydrogens (primary N) is 1. The van der Waals surface area contributed by atoms with Crippen LogP contribution in [0.5, 0.6) is 0 Å². The van der Waals surface area contributed by atoms with Gasteiger partial charge in [0.05, 0.1) is 12.1 Å². The van der Waals surface area contributed by atoms with Crippen molar-refractivity contribution in [2.75, 3.05) is 12.0 Å². The molecule has 1 aromatic carbocycles. The summed E-state index contributed by atoms with van der Waals surface area (Å²) in [7, 11) is 0. The maximum atomic E-state index is 13.3. The Bertz CT molecular complexity index is 1070. The molecule has 0 radical (unpaired) electrons. The average Bonchev–Trinajstić information content (AvgIpc) is 3.23. The summed E-state index contributed by atoms with van der Waals surface area (Å²) in [5, 5.41) is 27.4. The quantitative estimate of drug-likeness (QED) is 0.191. The number of fused-ring (bicyclic) bond motifs is 1. The van der Waals surface area contributed by atoms with Crippen molar-refractivity contribution in [2.24, 2.45) is 11.7 Å². The van der Waals surface area contributed by atoms with E-state index in [1.165, 1.54) is 18.7 Å². The molecule has 0 aliphatic rings. The minimum absolute atomic E-state index is 0.130. The number of benzene rings is 1. The van der Waals surface area contributed by atoms with E-state index in [1.54, 1.807) is 26.3 Å². The number of amides is 3. The van der Waals surface area contributed by atoms with Gasteiger partial charge in [-0.05, 0) is 30.7 Å². The molecule has 1 aromatic heterocycles. The van der Waals surface area contributed by atoms with Crippen LogP contribution in [0, 0.1) is 5.92 Å². The van der Waals surface area contributed by atoms with Crippen LogP contribution in [0.4, 0.5) is 0 Å². The maximum Gasteiger partial charge on any atom is 0.328 e. The Labute approximate surface area is 214 Å². The average molecular weight is 522 g/mol. The second-order valence-corrected chi connectivity index (χ2v) is 9.89. The molecular weight excluding hydrogens is 486 g/mol. The Morgan fingerprint density at radius 1 is 1.00 bits per heavy atom. The zero-order chi connectivity index (χ0) is 27.0. The molecule has 0 fully saturated rings. The molecule has 3 amide bonds. The van der Waals surface area contributed by atoms with E-state index in [2.05, 4.69) is 20.9 Å². The molecule has 8 N–H and O–H groups in total. The van der Waals surface area contributed by atoms with E-state index in [1.807, 2.05) is 24.3 Å². The van der Waals surface area contributed by atoms with Gasteiger partial charge in [0.15, 0.2) is 6.04 Å². The molecule has 2 aromatic rings. The van der Waals surface area contributed by atoms with Gasteiger partial charge >= 0.3 is 5.97 Å². The summed E-state index contributed by atoms with van der Waals surface area (Å²) in [6, 6.07) is 2.99. The summed E-state index contributed by atoms with van der Waals surface area (Å²) in [4.78, 5) is 53.4. The van der Waals surface area contributed by atoms with Crippen LogP contribution < -0.4 is 21.7 Å². The molecule has 0 aliphatic carbocycles. The lowest BCUT2D eigenvalue weighted by atomic mass is 10.0. The van der Waals surface area contributed by atoms with Crippen LogP contribution >= 0.6 is 11.8 Å². The Hall–Kier alpha value is -3.09. The molecule has 0 spiro atoms. The molecule has 0 saturated heterocycles. The number of hydrogen-bond donors (Lipinski definition) is 7. The molecule has 36 heavy (non-hydrogen) atoms. The highest BCUT2D eigenvalue weighted by Gasteiger charge is 2.32. The summed E-state index contributed by atoms with van der Waals surface area (Å²) in [6.45, 7) is 4.82. The predicted octanol–water partition coefficient (Wildman–Crippen LogP) is -0.0235. The van der Waals surface area contributed by atoms with Crippen molar-refractivity contribution < 1.29 is 29.4 Å². The summed E-state index contributed by atoms with van der Waals surface area (Å²) in [6.07, 6.45) is 2.27. The molecule has 5 atom stereocenters. The monoisotopic (exact) mass is 521 g/mol. The highest BCUT2D eigenvalue weighted by Crippen LogP contribution is 2.19. The fraction of sp³-hybridized carbons (Fsp3) is 0.500. The summed E-state index contributed by atoms with van der Waals surface area (Å²) in [5.74, 6) is -3.31. The fourth-order valence-electron chi connectivity index (χ4n) is 3.56. The molecule has 0 saturated carbocycles. The first-order chi connectivity index (χ1) is 17.0. The van der Waals surface area contributed by atoms with Gasteiger partial charge in [-0.3, -0.25) is 14.4 Å². The van der Waals surface area contributed by atoms with Crippen LogP contribution in [-0.2, 0) is 25.6 Å². The van der Waals surface area contributed by atoms with Gasteiger partial charge in [-0.25, -0.2) is 4.79 Å². The molecule has 12 heteroatoms. The standard InChI is InChI=1S/C24H35N5O6S/c1-12(2)19(25)23(33)27-17(9-14-10-26-16-8-6-5-7-15(14)16)21(31)28-18(11-36-4)22(32)29-20(13(3)30)24(34)35/h5-8,10,12-13,17-20,26,30H,9,11,25H2,1-4H3,(H,27,33)(H,28,31)(H,29,32)(H,34,35)/t13-,17+,18?,19+,20+/m1/s1. The third-order valence-electron chi connectivity index (χ3n) is 5.77. The van der Waals surface area contributed by atoms with Crippen LogP contribution in [0.3, 0.4) is 0 Å². The Balaban J connectivity index is 2.28. The number of aromatic amines is 1. The van der Waals surface area contributed by atoms with Crippen LogP contribution in [0.15, 0.2) is 30.5 Å². The molecule has 11 nitrogen and oxygen atoms in total. The summed E-state index contributed by atoms with van der Waals surface area (Å²) >= 11 is 1.27.